The van der Waals surface area contributed by atoms with Crippen LogP contribution in [0.2, 0.25) is 0 Å². The number of fused-ring (bicyclic) bond motifs is 4. The Morgan fingerprint density at radius 3 is 2.22 bits per heavy atom. The molecule has 248 valence electrons. The quantitative estimate of drug-likeness (QED) is 0.378. The average Bonchev–Trinajstić information content (AvgIpc) is 3.49. The van der Waals surface area contributed by atoms with Crippen LogP contribution in [-0.4, -0.2) is 94.9 Å². The molecule has 0 saturated carbocycles. The van der Waals surface area contributed by atoms with Gasteiger partial charge in [-0.25, -0.2) is 25.6 Å². The van der Waals surface area contributed by atoms with Crippen molar-refractivity contribution in [3.05, 3.63) is 65.0 Å². The Bertz CT molecular complexity index is 1690. The molecule has 17 heteroatoms. The van der Waals surface area contributed by atoms with E-state index in [1.165, 1.54) is 0 Å². The second-order valence-corrected chi connectivity index (χ2v) is 16.5. The van der Waals surface area contributed by atoms with E-state index in [-0.39, 0.29) is 72.1 Å². The van der Waals surface area contributed by atoms with Crippen LogP contribution in [0.4, 0.5) is 35.1 Å². The van der Waals surface area contributed by atoms with E-state index in [1.807, 2.05) is 9.80 Å². The summed E-state index contributed by atoms with van der Waals surface area (Å²) >= 11 is 0. The first-order valence-electron chi connectivity index (χ1n) is 14.2. The zero-order valence-corrected chi connectivity index (χ0v) is 25.1. The second-order valence-electron chi connectivity index (χ2n) is 12.1. The average molecular weight is 688 g/mol. The summed E-state index contributed by atoms with van der Waals surface area (Å²) in [6, 6.07) is 4.11. The number of nitrogens with zero attached hydrogens (tertiary/aromatic N) is 2. The Hall–Kier alpha value is -2.34. The first-order valence-corrected chi connectivity index (χ1v) is 17.5. The van der Waals surface area contributed by atoms with Gasteiger partial charge in [-0.2, -0.15) is 26.3 Å². The summed E-state index contributed by atoms with van der Waals surface area (Å²) in [7, 11) is -7.79. The minimum Gasteiger partial charge on any atom is -0.310 e. The number of sulfone groups is 2. The van der Waals surface area contributed by atoms with Crippen molar-refractivity contribution in [3.63, 3.8) is 0 Å². The van der Waals surface area contributed by atoms with Crippen molar-refractivity contribution in [2.75, 3.05) is 37.8 Å². The van der Waals surface area contributed by atoms with E-state index in [9.17, 15) is 47.6 Å². The van der Waals surface area contributed by atoms with Gasteiger partial charge in [0.25, 0.3) is 0 Å². The smallest absolute Gasteiger partial charge is 0.310 e. The second kappa shape index (κ2) is 10.6. The van der Waals surface area contributed by atoms with Crippen molar-refractivity contribution in [1.29, 1.82) is 0 Å². The van der Waals surface area contributed by atoms with Gasteiger partial charge in [-0.05, 0) is 54.7 Å². The van der Waals surface area contributed by atoms with E-state index in [0.29, 0.717) is 25.2 Å². The molecule has 4 atom stereocenters. The lowest BCUT2D eigenvalue weighted by Crippen LogP contribution is -2.61. The Morgan fingerprint density at radius 1 is 0.911 bits per heavy atom. The van der Waals surface area contributed by atoms with Crippen LogP contribution in [0.1, 0.15) is 29.5 Å². The van der Waals surface area contributed by atoms with Crippen molar-refractivity contribution in [3.8, 4) is 0 Å². The highest BCUT2D eigenvalue weighted by atomic mass is 32.2. The SMILES string of the molecule is O=S1(=O)CC2NCCN(CN3CC[C@@]4(S(=O)(=O)c5ccc(F)cc5)c5ccc(C(F)(C(F)(F)F)C(F)(F)F)cc5CC[C@@H]34)C2C1. The maximum atomic E-state index is 15.0. The van der Waals surface area contributed by atoms with Gasteiger partial charge in [0.15, 0.2) is 19.7 Å². The van der Waals surface area contributed by atoms with Gasteiger partial charge in [-0.15, -0.1) is 0 Å². The number of hydrogen-bond acceptors (Lipinski definition) is 7. The molecule has 2 aromatic rings. The van der Waals surface area contributed by atoms with Crippen LogP contribution in [0, 0.1) is 5.82 Å². The highest BCUT2D eigenvalue weighted by Crippen LogP contribution is 2.56. The van der Waals surface area contributed by atoms with Crippen LogP contribution in [0.3, 0.4) is 0 Å². The fourth-order valence-corrected chi connectivity index (χ4v) is 12.0. The Balaban J connectivity index is 1.45. The number of hydrogen-bond donors (Lipinski definition) is 1. The Morgan fingerprint density at radius 2 is 1.58 bits per heavy atom. The van der Waals surface area contributed by atoms with Crippen LogP contribution >= 0.6 is 0 Å². The Labute approximate surface area is 254 Å². The van der Waals surface area contributed by atoms with Gasteiger partial charge >= 0.3 is 18.0 Å². The highest BCUT2D eigenvalue weighted by molar-refractivity contribution is 7.92. The monoisotopic (exact) mass is 687 g/mol. The van der Waals surface area contributed by atoms with Crippen LogP contribution in [0.5, 0.6) is 0 Å². The predicted octanol–water partition coefficient (Wildman–Crippen LogP) is 3.83. The minimum atomic E-state index is -6.34. The van der Waals surface area contributed by atoms with E-state index in [2.05, 4.69) is 5.32 Å². The van der Waals surface area contributed by atoms with Gasteiger partial charge in [0.1, 0.15) is 10.6 Å². The molecule has 45 heavy (non-hydrogen) atoms. The zero-order valence-electron chi connectivity index (χ0n) is 23.5. The van der Waals surface area contributed by atoms with Gasteiger partial charge in [-0.1, -0.05) is 18.2 Å². The van der Waals surface area contributed by atoms with E-state index in [0.717, 1.165) is 30.3 Å². The maximum Gasteiger partial charge on any atom is 0.435 e. The maximum absolute atomic E-state index is 15.0. The van der Waals surface area contributed by atoms with E-state index < -0.39 is 59.9 Å². The minimum absolute atomic E-state index is 0.00726. The lowest BCUT2D eigenvalue weighted by Gasteiger charge is -2.45. The van der Waals surface area contributed by atoms with Gasteiger partial charge in [0.05, 0.1) is 23.1 Å². The molecule has 0 radical (unpaired) electrons. The first kappa shape index (κ1) is 32.6. The molecule has 0 aromatic heterocycles. The molecule has 1 N–H and O–H groups in total. The third-order valence-corrected chi connectivity index (χ3v) is 14.0. The van der Waals surface area contributed by atoms with E-state index >= 15 is 4.39 Å². The largest absolute Gasteiger partial charge is 0.435 e. The first-order chi connectivity index (χ1) is 20.8. The number of likely N-dealkylation sites (tertiary alicyclic amines) is 1. The van der Waals surface area contributed by atoms with Crippen molar-refractivity contribution < 1.29 is 52.0 Å². The summed E-state index contributed by atoms with van der Waals surface area (Å²) in [6.07, 6.45) is -12.9. The molecule has 1 aliphatic carbocycles. The van der Waals surface area contributed by atoms with Gasteiger partial charge < -0.3 is 5.32 Å². The molecule has 3 heterocycles. The highest BCUT2D eigenvalue weighted by Gasteiger charge is 2.74. The van der Waals surface area contributed by atoms with Crippen molar-refractivity contribution >= 4 is 19.7 Å². The van der Waals surface area contributed by atoms with E-state index in [1.54, 1.807) is 0 Å². The summed E-state index contributed by atoms with van der Waals surface area (Å²) in [6.45, 7) is 1.28. The van der Waals surface area contributed by atoms with Crippen LogP contribution in [-0.2, 0) is 36.5 Å². The summed E-state index contributed by atoms with van der Waals surface area (Å²) in [5.41, 5.74) is -7.58. The number of benzene rings is 2. The standard InChI is InChI=1S/C28H29F8N3O4S2/c29-19-3-5-20(6-4-19)45(42,43)25-9-11-39(16-38-12-10-37-22-14-44(40,41)15-23(22)38)24(25)8-1-17-13-18(2-7-21(17)25)26(30,27(31,32)33)28(34,35)36/h2-7,13,22-24,37H,1,8-12,14-16H2/t22?,23?,24-,25-/m1/s1. The number of nitrogens with one attached hydrogen (secondary N) is 1. The lowest BCUT2D eigenvalue weighted by molar-refractivity contribution is -0.348. The molecule has 2 unspecified atom stereocenters. The third-order valence-electron chi connectivity index (χ3n) is 9.74. The molecule has 3 fully saturated rings. The molecular weight excluding hydrogens is 658 g/mol. The fraction of sp³-hybridized carbons (Fsp3) is 0.571. The molecule has 3 aliphatic heterocycles. The molecular formula is C28H29F8N3O4S2. The van der Waals surface area contributed by atoms with E-state index in [4.69, 9.17) is 0 Å². The molecule has 0 amide bonds. The number of piperazine rings is 1. The number of halogens is 8. The molecule has 7 nitrogen and oxygen atoms in total. The fourth-order valence-electron chi connectivity index (χ4n) is 7.67. The molecule has 0 bridgehead atoms. The van der Waals surface area contributed by atoms with Crippen molar-refractivity contribution in [2.24, 2.45) is 0 Å². The third kappa shape index (κ3) is 4.98. The van der Waals surface area contributed by atoms with Crippen LogP contribution in [0.25, 0.3) is 0 Å². The predicted molar refractivity (Wildman–Crippen MR) is 146 cm³/mol. The normalized spacial score (nSPS) is 29.3. The summed E-state index contributed by atoms with van der Waals surface area (Å²) < 4.78 is 162. The molecule has 4 aliphatic rings. The zero-order chi connectivity index (χ0) is 32.8. The van der Waals surface area contributed by atoms with Crippen molar-refractivity contribution in [1.82, 2.24) is 15.1 Å². The van der Waals surface area contributed by atoms with Crippen molar-refractivity contribution in [2.45, 2.75) is 65.1 Å². The molecule has 0 spiro atoms. The van der Waals surface area contributed by atoms with Crippen LogP contribution in [0.15, 0.2) is 47.4 Å². The topological polar surface area (TPSA) is 86.8 Å². The van der Waals surface area contributed by atoms with Gasteiger partial charge in [0.2, 0.25) is 0 Å². The van der Waals surface area contributed by atoms with Gasteiger partial charge in [0, 0.05) is 43.3 Å². The summed E-state index contributed by atoms with van der Waals surface area (Å²) in [5.74, 6) is -0.845. The molecule has 3 saturated heterocycles. The summed E-state index contributed by atoms with van der Waals surface area (Å²) in [4.78, 5) is 3.52. The number of rotatable bonds is 5. The summed E-state index contributed by atoms with van der Waals surface area (Å²) in [5, 5.41) is 3.20. The number of aryl methyl sites for hydroxylation is 1. The molecule has 6 rings (SSSR count). The Kier molecular flexibility index (Phi) is 7.67. The van der Waals surface area contributed by atoms with Gasteiger partial charge in [-0.3, -0.25) is 9.80 Å². The molecule has 2 aromatic carbocycles. The van der Waals surface area contributed by atoms with Crippen LogP contribution < -0.4 is 5.32 Å². The lowest BCUT2D eigenvalue weighted by atomic mass is 9.77. The number of alkyl halides is 7.